The standard InChI is InChI=1S/C13H19N5/c1-18-13-11(8-17-18)12(15-9-16-13)14-7-6-10-4-2-3-5-10/h8-10H,2-7H2,1H3,(H,14,15,16). The first-order chi connectivity index (χ1) is 8.84. The number of nitrogens with zero attached hydrogens (tertiary/aromatic N) is 4. The molecular weight excluding hydrogens is 226 g/mol. The highest BCUT2D eigenvalue weighted by Crippen LogP contribution is 2.27. The van der Waals surface area contributed by atoms with E-state index in [4.69, 9.17) is 0 Å². The number of hydrogen-bond acceptors (Lipinski definition) is 4. The van der Waals surface area contributed by atoms with Crippen molar-refractivity contribution in [2.24, 2.45) is 13.0 Å². The number of rotatable bonds is 4. The van der Waals surface area contributed by atoms with E-state index in [0.29, 0.717) is 0 Å². The van der Waals surface area contributed by atoms with Crippen LogP contribution in [0.5, 0.6) is 0 Å². The van der Waals surface area contributed by atoms with Gasteiger partial charge in [-0.1, -0.05) is 25.7 Å². The molecule has 0 bridgehead atoms. The van der Waals surface area contributed by atoms with Crippen LogP contribution in [-0.4, -0.2) is 26.3 Å². The lowest BCUT2D eigenvalue weighted by Gasteiger charge is -2.10. The smallest absolute Gasteiger partial charge is 0.163 e. The molecule has 0 saturated heterocycles. The maximum atomic E-state index is 4.31. The van der Waals surface area contributed by atoms with Crippen molar-refractivity contribution in [2.75, 3.05) is 11.9 Å². The molecule has 0 unspecified atom stereocenters. The van der Waals surface area contributed by atoms with Gasteiger partial charge < -0.3 is 5.32 Å². The molecule has 0 aliphatic heterocycles. The predicted molar refractivity (Wildman–Crippen MR) is 71.4 cm³/mol. The van der Waals surface area contributed by atoms with Crippen molar-refractivity contribution in [1.29, 1.82) is 0 Å². The zero-order chi connectivity index (χ0) is 12.4. The summed E-state index contributed by atoms with van der Waals surface area (Å²) >= 11 is 0. The predicted octanol–water partition coefficient (Wildman–Crippen LogP) is 2.36. The molecule has 0 atom stereocenters. The minimum Gasteiger partial charge on any atom is -0.369 e. The number of aromatic nitrogens is 4. The van der Waals surface area contributed by atoms with Gasteiger partial charge >= 0.3 is 0 Å². The second-order valence-corrected chi connectivity index (χ2v) is 5.09. The third-order valence-electron chi connectivity index (χ3n) is 3.85. The van der Waals surface area contributed by atoms with Crippen LogP contribution in [0.1, 0.15) is 32.1 Å². The van der Waals surface area contributed by atoms with Crippen LogP contribution in [0.3, 0.4) is 0 Å². The molecule has 18 heavy (non-hydrogen) atoms. The van der Waals surface area contributed by atoms with Gasteiger partial charge in [-0.3, -0.25) is 4.68 Å². The fourth-order valence-corrected chi connectivity index (χ4v) is 2.80. The Balaban J connectivity index is 1.66. The third kappa shape index (κ3) is 2.17. The Morgan fingerprint density at radius 3 is 3.00 bits per heavy atom. The number of hydrogen-bond donors (Lipinski definition) is 1. The Hall–Kier alpha value is -1.65. The fraction of sp³-hybridized carbons (Fsp3) is 0.615. The van der Waals surface area contributed by atoms with E-state index in [1.807, 2.05) is 13.2 Å². The van der Waals surface area contributed by atoms with Crippen LogP contribution in [0.2, 0.25) is 0 Å². The van der Waals surface area contributed by atoms with Gasteiger partial charge in [0.2, 0.25) is 0 Å². The molecule has 2 heterocycles. The average Bonchev–Trinajstić information content (AvgIpc) is 3.01. The molecule has 3 rings (SSSR count). The molecule has 5 heteroatoms. The molecule has 5 nitrogen and oxygen atoms in total. The molecular formula is C13H19N5. The highest BCUT2D eigenvalue weighted by atomic mass is 15.3. The Morgan fingerprint density at radius 1 is 1.33 bits per heavy atom. The van der Waals surface area contributed by atoms with E-state index in [1.165, 1.54) is 32.1 Å². The van der Waals surface area contributed by atoms with E-state index >= 15 is 0 Å². The van der Waals surface area contributed by atoms with Gasteiger partial charge in [0, 0.05) is 13.6 Å². The maximum absolute atomic E-state index is 4.31. The van der Waals surface area contributed by atoms with Crippen molar-refractivity contribution in [3.8, 4) is 0 Å². The molecule has 0 aromatic carbocycles. The summed E-state index contributed by atoms with van der Waals surface area (Å²) in [5.74, 6) is 1.81. The molecule has 1 aliphatic carbocycles. The summed E-state index contributed by atoms with van der Waals surface area (Å²) in [6, 6.07) is 0. The van der Waals surface area contributed by atoms with Crippen LogP contribution in [0, 0.1) is 5.92 Å². The Labute approximate surface area is 107 Å². The lowest BCUT2D eigenvalue weighted by atomic mass is 10.0. The summed E-state index contributed by atoms with van der Waals surface area (Å²) in [5, 5.41) is 8.65. The first-order valence-electron chi connectivity index (χ1n) is 6.71. The average molecular weight is 245 g/mol. The van der Waals surface area contributed by atoms with Gasteiger partial charge in [0.15, 0.2) is 5.65 Å². The lowest BCUT2D eigenvalue weighted by Crippen LogP contribution is -2.08. The van der Waals surface area contributed by atoms with E-state index < -0.39 is 0 Å². The third-order valence-corrected chi connectivity index (χ3v) is 3.85. The number of anilines is 1. The van der Waals surface area contributed by atoms with Crippen molar-refractivity contribution in [2.45, 2.75) is 32.1 Å². The Bertz CT molecular complexity index is 527. The molecule has 2 aromatic heterocycles. The van der Waals surface area contributed by atoms with E-state index in [2.05, 4.69) is 20.4 Å². The quantitative estimate of drug-likeness (QED) is 0.898. The molecule has 1 saturated carbocycles. The van der Waals surface area contributed by atoms with Gasteiger partial charge in [-0.15, -0.1) is 0 Å². The summed E-state index contributed by atoms with van der Waals surface area (Å²) in [4.78, 5) is 8.55. The first-order valence-corrected chi connectivity index (χ1v) is 6.71. The largest absolute Gasteiger partial charge is 0.369 e. The van der Waals surface area contributed by atoms with Gasteiger partial charge in [0.25, 0.3) is 0 Å². The molecule has 1 N–H and O–H groups in total. The first kappa shape index (κ1) is 11.4. The topological polar surface area (TPSA) is 55.6 Å². The minimum atomic E-state index is 0.883. The van der Waals surface area contributed by atoms with Gasteiger partial charge in [0.05, 0.1) is 11.6 Å². The minimum absolute atomic E-state index is 0.883. The monoisotopic (exact) mass is 245 g/mol. The van der Waals surface area contributed by atoms with Gasteiger partial charge in [0.1, 0.15) is 12.1 Å². The molecule has 0 spiro atoms. The van der Waals surface area contributed by atoms with Crippen molar-refractivity contribution in [1.82, 2.24) is 19.7 Å². The van der Waals surface area contributed by atoms with Gasteiger partial charge in [-0.2, -0.15) is 5.10 Å². The van der Waals surface area contributed by atoms with Crippen LogP contribution < -0.4 is 5.32 Å². The number of fused-ring (bicyclic) bond motifs is 1. The van der Waals surface area contributed by atoms with Crippen LogP contribution >= 0.6 is 0 Å². The van der Waals surface area contributed by atoms with E-state index in [1.54, 1.807) is 11.0 Å². The van der Waals surface area contributed by atoms with Crippen LogP contribution in [0.4, 0.5) is 5.82 Å². The van der Waals surface area contributed by atoms with Crippen molar-refractivity contribution in [3.05, 3.63) is 12.5 Å². The summed E-state index contributed by atoms with van der Waals surface area (Å²) in [7, 11) is 1.90. The molecule has 96 valence electrons. The maximum Gasteiger partial charge on any atom is 0.163 e. The molecule has 0 amide bonds. The van der Waals surface area contributed by atoms with Gasteiger partial charge in [-0.05, 0) is 12.3 Å². The highest BCUT2D eigenvalue weighted by Gasteiger charge is 2.14. The van der Waals surface area contributed by atoms with E-state index in [0.717, 1.165) is 29.3 Å². The van der Waals surface area contributed by atoms with Crippen molar-refractivity contribution < 1.29 is 0 Å². The molecule has 1 aliphatic rings. The summed E-state index contributed by atoms with van der Waals surface area (Å²) < 4.78 is 1.78. The Kier molecular flexibility index (Phi) is 3.13. The number of aryl methyl sites for hydroxylation is 1. The van der Waals surface area contributed by atoms with Gasteiger partial charge in [-0.25, -0.2) is 9.97 Å². The summed E-state index contributed by atoms with van der Waals surface area (Å²) in [6.07, 6.45) is 10.3. The zero-order valence-electron chi connectivity index (χ0n) is 10.8. The normalized spacial score (nSPS) is 16.5. The number of nitrogens with one attached hydrogen (secondary N) is 1. The van der Waals surface area contributed by atoms with Crippen molar-refractivity contribution >= 4 is 16.9 Å². The summed E-state index contributed by atoms with van der Waals surface area (Å²) in [5.41, 5.74) is 0.883. The van der Waals surface area contributed by atoms with E-state index in [9.17, 15) is 0 Å². The fourth-order valence-electron chi connectivity index (χ4n) is 2.80. The molecule has 1 fully saturated rings. The highest BCUT2D eigenvalue weighted by molar-refractivity contribution is 5.85. The second-order valence-electron chi connectivity index (χ2n) is 5.09. The second kappa shape index (κ2) is 4.92. The van der Waals surface area contributed by atoms with Crippen LogP contribution in [-0.2, 0) is 7.05 Å². The SMILES string of the molecule is Cn1ncc2c(NCCC3CCCC3)ncnc21. The summed E-state index contributed by atoms with van der Waals surface area (Å²) in [6.45, 7) is 0.992. The zero-order valence-corrected chi connectivity index (χ0v) is 10.8. The van der Waals surface area contributed by atoms with Crippen molar-refractivity contribution in [3.63, 3.8) is 0 Å². The van der Waals surface area contributed by atoms with E-state index in [-0.39, 0.29) is 0 Å². The molecule has 0 radical (unpaired) electrons. The Morgan fingerprint density at radius 2 is 2.17 bits per heavy atom. The van der Waals surface area contributed by atoms with Crippen LogP contribution in [0.15, 0.2) is 12.5 Å². The van der Waals surface area contributed by atoms with Crippen LogP contribution in [0.25, 0.3) is 11.0 Å². The lowest BCUT2D eigenvalue weighted by molar-refractivity contribution is 0.518. The molecule has 2 aromatic rings.